The van der Waals surface area contributed by atoms with E-state index in [1.165, 1.54) is 9.95 Å². The Morgan fingerprint density at radius 1 is 0.818 bits per heavy atom. The Hall–Kier alpha value is 1.62. The van der Waals surface area contributed by atoms with Gasteiger partial charge in [0.25, 0.3) is 0 Å². The first kappa shape index (κ1) is 29.3. The smallest absolute Gasteiger partial charge is 0.147 e. The van der Waals surface area contributed by atoms with Gasteiger partial charge in [0.05, 0.1) is 0 Å². The average Bonchev–Trinajstić information content (AvgIpc) is 1.88. The summed E-state index contributed by atoms with van der Waals surface area (Å²) in [5, 5.41) is 0. The topological polar surface area (TPSA) is 0 Å². The van der Waals surface area contributed by atoms with Crippen molar-refractivity contribution in [2.75, 3.05) is 0 Å². The average molecular weight is 335 g/mol. The van der Waals surface area contributed by atoms with E-state index >= 15 is 0 Å². The minimum Gasteiger partial charge on any atom is -0.147 e. The predicted octanol–water partition coefficient (Wildman–Crippen LogP) is 1.71. The molecule has 0 atom stereocenters. The molecule has 0 rings (SSSR count). The Morgan fingerprint density at radius 2 is 0.909 bits per heavy atom. The number of hydrogen-bond donors (Lipinski definition) is 0. The molecule has 0 aromatic heterocycles. The van der Waals surface area contributed by atoms with E-state index in [4.69, 9.17) is 0 Å². The molecule has 0 aliphatic rings. The summed E-state index contributed by atoms with van der Waals surface area (Å²) in [5.74, 6) is 0. The maximum Gasteiger partial charge on any atom is -0.147 e. The van der Waals surface area contributed by atoms with Crippen LogP contribution in [0.2, 0.25) is 9.95 Å². The van der Waals surface area contributed by atoms with Gasteiger partial charge in [0, 0.05) is 0 Å². The first-order valence-corrected chi connectivity index (χ1v) is 8.98. The Morgan fingerprint density at radius 3 is 0.909 bits per heavy atom. The molecule has 0 saturated heterocycles. The first-order valence-electron chi connectivity index (χ1n) is 3.05. The van der Waals surface area contributed by atoms with E-state index in [9.17, 15) is 0 Å². The van der Waals surface area contributed by atoms with Crippen molar-refractivity contribution in [3.63, 3.8) is 0 Å². The molecule has 0 aromatic carbocycles. The maximum atomic E-state index is 3.53. The van der Waals surface area contributed by atoms with Crippen molar-refractivity contribution >= 4 is 74.4 Å². The summed E-state index contributed by atoms with van der Waals surface area (Å²) in [6.07, 6.45) is 3.92. The maximum absolute atomic E-state index is 3.53. The fourth-order valence-corrected chi connectivity index (χ4v) is 0. The molecule has 0 bridgehead atoms. The molecule has 0 amide bonds. The third kappa shape index (κ3) is 82.0. The molecule has 0 unspecified atom stereocenters. The monoisotopic (exact) mass is 332 g/mol. The van der Waals surface area contributed by atoms with Crippen LogP contribution < -0.4 is 0 Å². The standard InChI is InChI=1S/2C3H5.3ClH.2Ga.4H/c2*1-3-2;;;;;;;;;/h2*3H,1-2H2;3*1H;;;;;;. The number of allylic oxidation sites excluding steroid dienone is 2. The van der Waals surface area contributed by atoms with Gasteiger partial charge in [-0.15, -0.1) is 37.2 Å². The van der Waals surface area contributed by atoms with E-state index in [0.717, 1.165) is 37.2 Å². The van der Waals surface area contributed by atoms with E-state index in [1.807, 2.05) is 12.2 Å². The van der Waals surface area contributed by atoms with Crippen LogP contribution in [0.3, 0.4) is 0 Å². The Labute approximate surface area is 109 Å². The van der Waals surface area contributed by atoms with E-state index in [2.05, 4.69) is 13.2 Å². The zero-order valence-electron chi connectivity index (χ0n) is 7.21. The number of halogens is 3. The molecule has 0 aliphatic heterocycles. The summed E-state index contributed by atoms with van der Waals surface area (Å²) in [7, 11) is 0. The van der Waals surface area contributed by atoms with Crippen LogP contribution in [0.5, 0.6) is 0 Å². The molecule has 0 spiro atoms. The summed E-state index contributed by atoms with van der Waals surface area (Å²) < 4.78 is 0. The second-order valence-electron chi connectivity index (χ2n) is 1.39. The predicted molar refractivity (Wildman–Crippen MR) is 68.8 cm³/mol. The summed E-state index contributed by atoms with van der Waals surface area (Å²) in [4.78, 5) is 2.54. The van der Waals surface area contributed by atoms with Crippen molar-refractivity contribution in [3.8, 4) is 0 Å². The van der Waals surface area contributed by atoms with Gasteiger partial charge >= 0.3 is 72.5 Å². The van der Waals surface area contributed by atoms with Gasteiger partial charge in [-0.25, -0.2) is 0 Å². The van der Waals surface area contributed by atoms with Crippen LogP contribution in [0.1, 0.15) is 0 Å². The van der Waals surface area contributed by atoms with Gasteiger partial charge in [-0.2, -0.15) is 0 Å². The quantitative estimate of drug-likeness (QED) is 0.533. The third-order valence-electron chi connectivity index (χ3n) is 0.577. The molecular formula is C6H17Cl3Ga2. The Bertz CT molecular complexity index is 51.8. The summed E-state index contributed by atoms with van der Waals surface area (Å²) in [6, 6.07) is 0. The third-order valence-corrected chi connectivity index (χ3v) is 3.00. The molecule has 0 nitrogen and oxygen atoms in total. The zero-order chi connectivity index (χ0) is 6.83. The second-order valence-corrected chi connectivity index (χ2v) is 4.82. The van der Waals surface area contributed by atoms with E-state index in [0.29, 0.717) is 0 Å². The molecule has 0 saturated carbocycles. The minimum absolute atomic E-state index is 0. The van der Waals surface area contributed by atoms with Gasteiger partial charge in [-0.3, -0.25) is 0 Å². The normalized spacial score (nSPS) is 4.36. The van der Waals surface area contributed by atoms with Crippen molar-refractivity contribution in [1.82, 2.24) is 0 Å². The molecular weight excluding hydrogens is 318 g/mol. The molecule has 0 fully saturated rings. The summed E-state index contributed by atoms with van der Waals surface area (Å²) in [5.41, 5.74) is 0. The molecule has 5 heteroatoms. The van der Waals surface area contributed by atoms with Gasteiger partial charge in [0.2, 0.25) is 0 Å². The van der Waals surface area contributed by atoms with Crippen LogP contribution in [-0.4, -0.2) is 37.2 Å². The minimum atomic E-state index is 0. The van der Waals surface area contributed by atoms with E-state index in [1.54, 1.807) is 0 Å². The Balaban J connectivity index is -0.0000000171. The van der Waals surface area contributed by atoms with Gasteiger partial charge in [0.1, 0.15) is 0 Å². The van der Waals surface area contributed by atoms with Crippen LogP contribution in [0.25, 0.3) is 0 Å². The molecule has 0 N–H and O–H groups in total. The van der Waals surface area contributed by atoms with Crippen LogP contribution in [0, 0.1) is 0 Å². The fraction of sp³-hybridized carbons (Fsp3) is 0.333. The summed E-state index contributed by atoms with van der Waals surface area (Å²) >= 11 is 1.99. The van der Waals surface area contributed by atoms with E-state index < -0.39 is 0 Å². The number of hydrogen-bond acceptors (Lipinski definition) is 0. The SMILES string of the molecule is C=C[CH2][GaH2].C=C[CH2][GaH2].Cl.Cl.Cl. The Kier molecular flexibility index (Phi) is 111. The molecule has 0 aromatic rings. The molecule has 0 heterocycles. The van der Waals surface area contributed by atoms with Gasteiger partial charge in [-0.1, -0.05) is 0 Å². The molecule has 0 radical (unpaired) electrons. The van der Waals surface area contributed by atoms with Gasteiger partial charge < -0.3 is 0 Å². The first-order chi connectivity index (χ1) is 3.83. The molecule has 11 heavy (non-hydrogen) atoms. The van der Waals surface area contributed by atoms with E-state index in [-0.39, 0.29) is 37.2 Å². The van der Waals surface area contributed by atoms with Crippen molar-refractivity contribution in [1.29, 1.82) is 0 Å². The second kappa shape index (κ2) is 41.5. The largest absolute Gasteiger partial charge is 0.147 e. The fourth-order valence-electron chi connectivity index (χ4n) is 0. The van der Waals surface area contributed by atoms with Crippen LogP contribution >= 0.6 is 37.2 Å². The van der Waals surface area contributed by atoms with Crippen LogP contribution in [-0.2, 0) is 0 Å². The van der Waals surface area contributed by atoms with Crippen molar-refractivity contribution in [3.05, 3.63) is 25.3 Å². The van der Waals surface area contributed by atoms with Crippen molar-refractivity contribution < 1.29 is 0 Å². The van der Waals surface area contributed by atoms with Gasteiger partial charge in [0.15, 0.2) is 0 Å². The number of rotatable bonds is 2. The van der Waals surface area contributed by atoms with Crippen LogP contribution in [0.15, 0.2) is 25.3 Å². The molecule has 0 aliphatic carbocycles. The van der Waals surface area contributed by atoms with Gasteiger partial charge in [-0.05, 0) is 0 Å². The zero-order valence-corrected chi connectivity index (χ0v) is 18.0. The van der Waals surface area contributed by atoms with Crippen LogP contribution in [0.4, 0.5) is 0 Å². The molecule has 68 valence electrons. The summed E-state index contributed by atoms with van der Waals surface area (Å²) in [6.45, 7) is 7.05. The van der Waals surface area contributed by atoms with Crippen molar-refractivity contribution in [2.45, 2.75) is 9.95 Å². The van der Waals surface area contributed by atoms with Crippen molar-refractivity contribution in [2.24, 2.45) is 0 Å².